The molecule has 2 aromatic rings. The number of cyclic esters (lactones) is 1. The largest absolute Gasteiger partial charge is 0.496 e. The van der Waals surface area contributed by atoms with Crippen LogP contribution in [-0.2, 0) is 16.0 Å². The van der Waals surface area contributed by atoms with Crippen molar-refractivity contribution in [2.24, 2.45) is 4.99 Å². The topological polar surface area (TPSA) is 47.9 Å². The molecular formula is C19H16BrNO3. The molecule has 4 nitrogen and oxygen atoms in total. The van der Waals surface area contributed by atoms with Crippen molar-refractivity contribution < 1.29 is 14.3 Å². The second-order valence-corrected chi connectivity index (χ2v) is 6.20. The maximum absolute atomic E-state index is 12.0. The number of ether oxygens (including phenoxy) is 2. The minimum Gasteiger partial charge on any atom is -0.496 e. The van der Waals surface area contributed by atoms with Gasteiger partial charge in [-0.1, -0.05) is 46.3 Å². The van der Waals surface area contributed by atoms with Gasteiger partial charge < -0.3 is 9.47 Å². The molecule has 0 bridgehead atoms. The molecule has 1 aliphatic heterocycles. The molecule has 0 radical (unpaired) electrons. The van der Waals surface area contributed by atoms with Crippen LogP contribution in [0.3, 0.4) is 0 Å². The smallest absolute Gasteiger partial charge is 0.363 e. The molecule has 0 N–H and O–H groups in total. The predicted octanol–water partition coefficient (Wildman–Crippen LogP) is 4.39. The first kappa shape index (κ1) is 16.5. The molecule has 0 saturated carbocycles. The second-order valence-electron chi connectivity index (χ2n) is 5.29. The number of halogens is 1. The normalized spacial score (nSPS) is 15.3. The summed E-state index contributed by atoms with van der Waals surface area (Å²) in [5, 5.41) is 0. The van der Waals surface area contributed by atoms with Gasteiger partial charge >= 0.3 is 5.97 Å². The van der Waals surface area contributed by atoms with E-state index in [2.05, 4.69) is 20.9 Å². The predicted molar refractivity (Wildman–Crippen MR) is 97.0 cm³/mol. The maximum Gasteiger partial charge on any atom is 0.363 e. The number of hydrogen-bond acceptors (Lipinski definition) is 4. The van der Waals surface area contributed by atoms with Gasteiger partial charge in [0.05, 0.1) is 7.11 Å². The lowest BCUT2D eigenvalue weighted by molar-refractivity contribution is -0.130. The van der Waals surface area contributed by atoms with E-state index >= 15 is 0 Å². The Morgan fingerprint density at radius 3 is 2.62 bits per heavy atom. The van der Waals surface area contributed by atoms with Crippen molar-refractivity contribution in [1.29, 1.82) is 0 Å². The van der Waals surface area contributed by atoms with Gasteiger partial charge in [0.15, 0.2) is 11.6 Å². The van der Waals surface area contributed by atoms with Crippen LogP contribution in [-0.4, -0.2) is 19.0 Å². The lowest BCUT2D eigenvalue weighted by atomic mass is 10.1. The Balaban J connectivity index is 1.71. The van der Waals surface area contributed by atoms with Crippen LogP contribution in [0.4, 0.5) is 0 Å². The number of aryl methyl sites for hydroxylation is 1. The molecule has 24 heavy (non-hydrogen) atoms. The molecule has 2 aromatic carbocycles. The molecule has 0 saturated heterocycles. The summed E-state index contributed by atoms with van der Waals surface area (Å²) in [5.74, 6) is 0.857. The summed E-state index contributed by atoms with van der Waals surface area (Å²) in [6.07, 6.45) is 2.97. The molecule has 1 aliphatic rings. The number of hydrogen-bond donors (Lipinski definition) is 0. The van der Waals surface area contributed by atoms with Gasteiger partial charge in [-0.15, -0.1) is 0 Å². The number of rotatable bonds is 5. The van der Waals surface area contributed by atoms with Crippen LogP contribution >= 0.6 is 15.9 Å². The van der Waals surface area contributed by atoms with Gasteiger partial charge in [-0.25, -0.2) is 9.79 Å². The molecule has 1 heterocycles. The first-order valence-corrected chi connectivity index (χ1v) is 8.34. The number of carbonyl (C=O) groups is 1. The average Bonchev–Trinajstić information content (AvgIpc) is 2.95. The summed E-state index contributed by atoms with van der Waals surface area (Å²) in [6.45, 7) is 0. The number of nitrogens with zero attached hydrogens (tertiary/aromatic N) is 1. The van der Waals surface area contributed by atoms with E-state index in [0.717, 1.165) is 21.3 Å². The van der Waals surface area contributed by atoms with E-state index < -0.39 is 5.97 Å². The molecule has 0 spiro atoms. The lowest BCUT2D eigenvalue weighted by Crippen LogP contribution is -2.05. The van der Waals surface area contributed by atoms with Gasteiger partial charge in [0.2, 0.25) is 0 Å². The highest BCUT2D eigenvalue weighted by Crippen LogP contribution is 2.22. The van der Waals surface area contributed by atoms with E-state index in [1.807, 2.05) is 48.5 Å². The van der Waals surface area contributed by atoms with Crippen LogP contribution < -0.4 is 4.74 Å². The third kappa shape index (κ3) is 3.92. The molecule has 5 heteroatoms. The van der Waals surface area contributed by atoms with Crippen molar-refractivity contribution in [2.45, 2.75) is 12.8 Å². The number of para-hydroxylation sites is 1. The molecule has 122 valence electrons. The van der Waals surface area contributed by atoms with Crippen LogP contribution in [0.2, 0.25) is 0 Å². The molecule has 0 aromatic heterocycles. The fourth-order valence-corrected chi connectivity index (χ4v) is 2.69. The van der Waals surface area contributed by atoms with E-state index in [0.29, 0.717) is 24.4 Å². The van der Waals surface area contributed by atoms with Gasteiger partial charge in [0.1, 0.15) is 5.75 Å². The summed E-state index contributed by atoms with van der Waals surface area (Å²) in [4.78, 5) is 16.3. The summed E-state index contributed by atoms with van der Waals surface area (Å²) >= 11 is 3.38. The quantitative estimate of drug-likeness (QED) is 0.566. The van der Waals surface area contributed by atoms with Crippen LogP contribution in [0.5, 0.6) is 5.75 Å². The average molecular weight is 386 g/mol. The highest BCUT2D eigenvalue weighted by molar-refractivity contribution is 9.10. The Morgan fingerprint density at radius 2 is 1.88 bits per heavy atom. The number of aliphatic imine (C=N–C) groups is 1. The Bertz CT molecular complexity index is 810. The third-order valence-corrected chi connectivity index (χ3v) is 4.17. The van der Waals surface area contributed by atoms with Crippen LogP contribution in [0.25, 0.3) is 6.08 Å². The van der Waals surface area contributed by atoms with Crippen molar-refractivity contribution in [3.63, 3.8) is 0 Å². The van der Waals surface area contributed by atoms with E-state index in [1.54, 1.807) is 13.2 Å². The molecule has 0 unspecified atom stereocenters. The molecule has 0 aliphatic carbocycles. The standard InChI is InChI=1S/C19H16BrNO3/c1-23-17-5-3-2-4-14(17)8-11-18-21-16(19(22)24-18)12-13-6-9-15(20)10-7-13/h2-7,9-10,12H,8,11H2,1H3/b16-12+. The SMILES string of the molecule is COc1ccccc1CCC1=N/C(=C/c2ccc(Br)cc2)C(=O)O1. The van der Waals surface area contributed by atoms with Crippen molar-refractivity contribution >= 4 is 33.9 Å². The molecule has 0 fully saturated rings. The number of esters is 1. The van der Waals surface area contributed by atoms with Gasteiger partial charge in [0.25, 0.3) is 0 Å². The Morgan fingerprint density at radius 1 is 1.12 bits per heavy atom. The summed E-state index contributed by atoms with van der Waals surface area (Å²) in [6, 6.07) is 15.4. The van der Waals surface area contributed by atoms with Gasteiger partial charge in [0, 0.05) is 10.9 Å². The molecular weight excluding hydrogens is 370 g/mol. The van der Waals surface area contributed by atoms with E-state index in [1.165, 1.54) is 0 Å². The van der Waals surface area contributed by atoms with Gasteiger partial charge in [-0.05, 0) is 41.8 Å². The number of methoxy groups -OCH3 is 1. The Hall–Kier alpha value is -2.40. The van der Waals surface area contributed by atoms with Crippen molar-refractivity contribution in [3.05, 3.63) is 69.8 Å². The number of carbonyl (C=O) groups excluding carboxylic acids is 1. The van der Waals surface area contributed by atoms with E-state index in [4.69, 9.17) is 9.47 Å². The zero-order chi connectivity index (χ0) is 16.9. The maximum atomic E-state index is 12.0. The second kappa shape index (κ2) is 7.45. The van der Waals surface area contributed by atoms with E-state index in [-0.39, 0.29) is 0 Å². The van der Waals surface area contributed by atoms with Crippen LogP contribution in [0.15, 0.2) is 63.7 Å². The zero-order valence-corrected chi connectivity index (χ0v) is 14.7. The highest BCUT2D eigenvalue weighted by Gasteiger charge is 2.22. The summed E-state index contributed by atoms with van der Waals surface area (Å²) in [5.41, 5.74) is 2.29. The van der Waals surface area contributed by atoms with Crippen LogP contribution in [0.1, 0.15) is 17.5 Å². The molecule has 0 atom stereocenters. The van der Waals surface area contributed by atoms with Crippen molar-refractivity contribution in [2.75, 3.05) is 7.11 Å². The highest BCUT2D eigenvalue weighted by atomic mass is 79.9. The Labute approximate surface area is 148 Å². The summed E-state index contributed by atoms with van der Waals surface area (Å²) in [7, 11) is 1.64. The van der Waals surface area contributed by atoms with E-state index in [9.17, 15) is 4.79 Å². The van der Waals surface area contributed by atoms with Gasteiger partial charge in [-0.2, -0.15) is 0 Å². The Kier molecular flexibility index (Phi) is 5.11. The molecule has 3 rings (SSSR count). The van der Waals surface area contributed by atoms with Crippen molar-refractivity contribution in [1.82, 2.24) is 0 Å². The third-order valence-electron chi connectivity index (χ3n) is 3.64. The first-order valence-electron chi connectivity index (χ1n) is 7.54. The minimum absolute atomic E-state index is 0.326. The first-order chi connectivity index (χ1) is 11.7. The lowest BCUT2D eigenvalue weighted by Gasteiger charge is -2.07. The van der Waals surface area contributed by atoms with Gasteiger partial charge in [-0.3, -0.25) is 0 Å². The minimum atomic E-state index is -0.409. The zero-order valence-electron chi connectivity index (χ0n) is 13.2. The number of benzene rings is 2. The monoisotopic (exact) mass is 385 g/mol. The molecule has 0 amide bonds. The fraction of sp³-hybridized carbons (Fsp3) is 0.158. The van der Waals surface area contributed by atoms with Crippen LogP contribution in [0, 0.1) is 0 Å². The summed E-state index contributed by atoms with van der Waals surface area (Å²) < 4.78 is 11.6. The van der Waals surface area contributed by atoms with Crippen molar-refractivity contribution in [3.8, 4) is 5.75 Å². The fourth-order valence-electron chi connectivity index (χ4n) is 2.43.